The first-order valence-corrected chi connectivity index (χ1v) is 8.56. The first kappa shape index (κ1) is 17.8. The zero-order valence-corrected chi connectivity index (χ0v) is 15.5. The molecule has 0 saturated carbocycles. The van der Waals surface area contributed by atoms with E-state index < -0.39 is 0 Å². The number of aromatic nitrogens is 1. The van der Waals surface area contributed by atoms with Crippen LogP contribution in [0.25, 0.3) is 11.5 Å². The van der Waals surface area contributed by atoms with Gasteiger partial charge in [0.1, 0.15) is 17.3 Å². The van der Waals surface area contributed by atoms with Crippen molar-refractivity contribution in [2.75, 3.05) is 27.3 Å². The van der Waals surface area contributed by atoms with Crippen molar-refractivity contribution in [1.29, 1.82) is 0 Å². The summed E-state index contributed by atoms with van der Waals surface area (Å²) in [5, 5.41) is 0. The van der Waals surface area contributed by atoms with E-state index in [1.54, 1.807) is 14.2 Å². The second-order valence-corrected chi connectivity index (χ2v) is 6.54. The Morgan fingerprint density at radius 1 is 1.16 bits per heavy atom. The smallest absolute Gasteiger partial charge is 0.230 e. The lowest BCUT2D eigenvalue weighted by Crippen LogP contribution is -2.44. The van der Waals surface area contributed by atoms with Crippen LogP contribution in [0, 0.1) is 6.92 Å². The minimum atomic E-state index is 0.230. The quantitative estimate of drug-likeness (QED) is 0.828. The Hall–Kier alpha value is -2.05. The van der Waals surface area contributed by atoms with Gasteiger partial charge < -0.3 is 18.6 Å². The van der Waals surface area contributed by atoms with E-state index in [1.807, 2.05) is 25.1 Å². The summed E-state index contributed by atoms with van der Waals surface area (Å²) in [6.07, 6.45) is 0.461. The molecule has 1 aliphatic rings. The molecule has 1 aliphatic heterocycles. The van der Waals surface area contributed by atoms with Crippen LogP contribution in [0.3, 0.4) is 0 Å². The number of rotatable bonds is 5. The van der Waals surface area contributed by atoms with Gasteiger partial charge in [-0.3, -0.25) is 4.90 Å². The van der Waals surface area contributed by atoms with Gasteiger partial charge in [0.05, 0.1) is 37.7 Å². The van der Waals surface area contributed by atoms with Crippen LogP contribution in [0.1, 0.15) is 25.3 Å². The summed E-state index contributed by atoms with van der Waals surface area (Å²) in [4.78, 5) is 7.08. The van der Waals surface area contributed by atoms with Crippen LogP contribution >= 0.6 is 0 Å². The maximum Gasteiger partial charge on any atom is 0.230 e. The van der Waals surface area contributed by atoms with Gasteiger partial charge in [-0.2, -0.15) is 0 Å². The maximum absolute atomic E-state index is 5.93. The molecule has 25 heavy (non-hydrogen) atoms. The standard InChI is InChI=1S/C19H26N2O4/c1-12-9-21(10-13(2)24-12)11-17-14(3)25-19(20-17)16-8-15(22-4)6-7-18(16)23-5/h6-8,12-13H,9-11H2,1-5H3/t12-,13+. The van der Waals surface area contributed by atoms with E-state index in [2.05, 4.69) is 18.7 Å². The van der Waals surface area contributed by atoms with Crippen molar-refractivity contribution < 1.29 is 18.6 Å². The second kappa shape index (κ2) is 7.45. The molecular weight excluding hydrogens is 320 g/mol. The molecule has 136 valence electrons. The fourth-order valence-corrected chi connectivity index (χ4v) is 3.30. The van der Waals surface area contributed by atoms with E-state index in [0.717, 1.165) is 42.4 Å². The Balaban J connectivity index is 1.85. The summed E-state index contributed by atoms with van der Waals surface area (Å²) in [7, 11) is 3.27. The molecule has 0 bridgehead atoms. The minimum Gasteiger partial charge on any atom is -0.497 e. The number of hydrogen-bond donors (Lipinski definition) is 0. The van der Waals surface area contributed by atoms with Crippen LogP contribution in [0.2, 0.25) is 0 Å². The predicted octanol–water partition coefficient (Wildman–Crippen LogP) is 3.28. The highest BCUT2D eigenvalue weighted by molar-refractivity contribution is 5.65. The maximum atomic E-state index is 5.93. The van der Waals surface area contributed by atoms with Gasteiger partial charge in [0.25, 0.3) is 0 Å². The Morgan fingerprint density at radius 3 is 2.52 bits per heavy atom. The highest BCUT2D eigenvalue weighted by Crippen LogP contribution is 2.34. The number of ether oxygens (including phenoxy) is 3. The number of aryl methyl sites for hydroxylation is 1. The van der Waals surface area contributed by atoms with Crippen molar-refractivity contribution >= 4 is 0 Å². The highest BCUT2D eigenvalue weighted by atomic mass is 16.5. The van der Waals surface area contributed by atoms with Crippen LogP contribution in [0.4, 0.5) is 0 Å². The molecule has 2 heterocycles. The van der Waals surface area contributed by atoms with Crippen LogP contribution in [0.5, 0.6) is 11.5 Å². The summed E-state index contributed by atoms with van der Waals surface area (Å²) < 4.78 is 22.5. The molecule has 0 amide bonds. The molecule has 2 aromatic rings. The molecule has 0 unspecified atom stereocenters. The van der Waals surface area contributed by atoms with E-state index in [9.17, 15) is 0 Å². The fourth-order valence-electron chi connectivity index (χ4n) is 3.30. The lowest BCUT2D eigenvalue weighted by molar-refractivity contribution is -0.0708. The number of oxazole rings is 1. The molecule has 1 aromatic carbocycles. The van der Waals surface area contributed by atoms with E-state index in [4.69, 9.17) is 23.6 Å². The molecule has 1 aromatic heterocycles. The average Bonchev–Trinajstić information content (AvgIpc) is 2.94. The van der Waals surface area contributed by atoms with Crippen molar-refractivity contribution in [1.82, 2.24) is 9.88 Å². The monoisotopic (exact) mass is 346 g/mol. The topological polar surface area (TPSA) is 57.0 Å². The number of morpholine rings is 1. The third-order valence-corrected chi connectivity index (χ3v) is 4.40. The summed E-state index contributed by atoms with van der Waals surface area (Å²) in [6, 6.07) is 5.60. The molecule has 1 fully saturated rings. The van der Waals surface area contributed by atoms with Crippen LogP contribution in [-0.4, -0.2) is 49.4 Å². The number of methoxy groups -OCH3 is 2. The SMILES string of the molecule is COc1ccc(OC)c(-c2nc(CN3C[C@@H](C)O[C@@H](C)C3)c(C)o2)c1. The molecule has 2 atom stereocenters. The third-order valence-electron chi connectivity index (χ3n) is 4.40. The van der Waals surface area contributed by atoms with Gasteiger partial charge >= 0.3 is 0 Å². The molecular formula is C19H26N2O4. The van der Waals surface area contributed by atoms with Gasteiger partial charge in [0.15, 0.2) is 0 Å². The summed E-state index contributed by atoms with van der Waals surface area (Å²) in [5.74, 6) is 2.83. The molecule has 0 N–H and O–H groups in total. The van der Waals surface area contributed by atoms with E-state index in [-0.39, 0.29) is 12.2 Å². The Kier molecular flexibility index (Phi) is 5.30. The van der Waals surface area contributed by atoms with Crippen molar-refractivity contribution in [3.8, 4) is 23.0 Å². The Labute approximate surface area is 148 Å². The van der Waals surface area contributed by atoms with Crippen LogP contribution < -0.4 is 9.47 Å². The highest BCUT2D eigenvalue weighted by Gasteiger charge is 2.24. The lowest BCUT2D eigenvalue weighted by Gasteiger charge is -2.34. The van der Waals surface area contributed by atoms with E-state index in [0.29, 0.717) is 11.6 Å². The zero-order chi connectivity index (χ0) is 18.0. The molecule has 1 saturated heterocycles. The van der Waals surface area contributed by atoms with Gasteiger partial charge in [-0.25, -0.2) is 4.98 Å². The molecule has 0 radical (unpaired) electrons. The lowest BCUT2D eigenvalue weighted by atomic mass is 10.2. The molecule has 3 rings (SSSR count). The fraction of sp³-hybridized carbons (Fsp3) is 0.526. The van der Waals surface area contributed by atoms with Crippen molar-refractivity contribution in [3.63, 3.8) is 0 Å². The van der Waals surface area contributed by atoms with Gasteiger partial charge in [-0.05, 0) is 39.0 Å². The summed E-state index contributed by atoms with van der Waals surface area (Å²) in [6.45, 7) is 8.70. The number of benzene rings is 1. The van der Waals surface area contributed by atoms with Crippen LogP contribution in [0.15, 0.2) is 22.6 Å². The average molecular weight is 346 g/mol. The van der Waals surface area contributed by atoms with Crippen LogP contribution in [-0.2, 0) is 11.3 Å². The number of hydrogen-bond acceptors (Lipinski definition) is 6. The second-order valence-electron chi connectivity index (χ2n) is 6.54. The van der Waals surface area contributed by atoms with Gasteiger partial charge in [0, 0.05) is 19.6 Å². The summed E-state index contributed by atoms with van der Waals surface area (Å²) >= 11 is 0. The van der Waals surface area contributed by atoms with Gasteiger partial charge in [0.2, 0.25) is 5.89 Å². The molecule has 0 aliphatic carbocycles. The summed E-state index contributed by atoms with van der Waals surface area (Å²) in [5.41, 5.74) is 1.74. The normalized spacial score (nSPS) is 21.3. The Bertz CT molecular complexity index is 718. The van der Waals surface area contributed by atoms with E-state index >= 15 is 0 Å². The first-order chi connectivity index (χ1) is 12.0. The van der Waals surface area contributed by atoms with Gasteiger partial charge in [-0.1, -0.05) is 0 Å². The first-order valence-electron chi connectivity index (χ1n) is 8.56. The van der Waals surface area contributed by atoms with E-state index in [1.165, 1.54) is 0 Å². The predicted molar refractivity (Wildman–Crippen MR) is 95.1 cm³/mol. The zero-order valence-electron chi connectivity index (χ0n) is 15.5. The molecule has 6 nitrogen and oxygen atoms in total. The van der Waals surface area contributed by atoms with Crippen molar-refractivity contribution in [3.05, 3.63) is 29.7 Å². The van der Waals surface area contributed by atoms with Gasteiger partial charge in [-0.15, -0.1) is 0 Å². The largest absolute Gasteiger partial charge is 0.497 e. The Morgan fingerprint density at radius 2 is 1.88 bits per heavy atom. The molecule has 0 spiro atoms. The van der Waals surface area contributed by atoms with Crippen molar-refractivity contribution in [2.45, 2.75) is 39.5 Å². The third kappa shape index (κ3) is 3.96. The number of nitrogens with zero attached hydrogens (tertiary/aromatic N) is 2. The molecule has 6 heteroatoms. The minimum absolute atomic E-state index is 0.230. The van der Waals surface area contributed by atoms with Crippen molar-refractivity contribution in [2.24, 2.45) is 0 Å².